The van der Waals surface area contributed by atoms with Crippen molar-refractivity contribution in [3.05, 3.63) is 17.6 Å². The third-order valence-corrected chi connectivity index (χ3v) is 1.25. The van der Waals surface area contributed by atoms with Crippen LogP contribution in [0.2, 0.25) is 0 Å². The van der Waals surface area contributed by atoms with Gasteiger partial charge in [0.25, 0.3) is 12.4 Å². The molecule has 0 radical (unpaired) electrons. The Hall–Kier alpha value is -1.46. The van der Waals surface area contributed by atoms with Crippen LogP contribution in [0.25, 0.3) is 0 Å². The van der Waals surface area contributed by atoms with Gasteiger partial charge in [-0.15, -0.1) is 0 Å². The fourth-order valence-corrected chi connectivity index (χ4v) is 0.683. The lowest BCUT2D eigenvalue weighted by Gasteiger charge is -2.03. The van der Waals surface area contributed by atoms with Crippen LogP contribution in [0.1, 0.15) is 12.0 Å². The van der Waals surface area contributed by atoms with Gasteiger partial charge in [0.15, 0.2) is 5.75 Å². The summed E-state index contributed by atoms with van der Waals surface area (Å²) in [6.45, 7) is 0. The van der Waals surface area contributed by atoms with Gasteiger partial charge in [-0.05, 0) is 6.07 Å². The van der Waals surface area contributed by atoms with Crippen molar-refractivity contribution >= 4 is 5.82 Å². The Morgan fingerprint density at radius 1 is 1.50 bits per heavy atom. The summed E-state index contributed by atoms with van der Waals surface area (Å²) < 4.78 is 36.3. The predicted molar refractivity (Wildman–Crippen MR) is 35.2 cm³/mol. The third kappa shape index (κ3) is 1.41. The Morgan fingerprint density at radius 2 is 2.08 bits per heavy atom. The van der Waals surface area contributed by atoms with Crippen LogP contribution >= 0.6 is 0 Å². The van der Waals surface area contributed by atoms with Gasteiger partial charge >= 0.3 is 0 Å². The molecule has 66 valence electrons. The minimum absolute atomic E-state index is 0.558. The van der Waals surface area contributed by atoms with Crippen LogP contribution in [0.5, 0.6) is 5.75 Å². The van der Waals surface area contributed by atoms with Gasteiger partial charge in [0, 0.05) is 0 Å². The average Bonchev–Trinajstić information content (AvgIpc) is 1.96. The number of nitrogens with two attached hydrogens (primary N) is 1. The van der Waals surface area contributed by atoms with E-state index in [1.807, 2.05) is 0 Å². The highest BCUT2D eigenvalue weighted by molar-refractivity contribution is 5.43. The van der Waals surface area contributed by atoms with E-state index in [-0.39, 0.29) is 0 Å². The van der Waals surface area contributed by atoms with Crippen LogP contribution in [0.4, 0.5) is 19.0 Å². The zero-order valence-electron chi connectivity index (χ0n) is 5.76. The number of hydrogen-bond acceptors (Lipinski definition) is 3. The summed E-state index contributed by atoms with van der Waals surface area (Å²) in [7, 11) is 0. The van der Waals surface area contributed by atoms with E-state index in [9.17, 15) is 13.2 Å². The van der Waals surface area contributed by atoms with Crippen LogP contribution in [0.3, 0.4) is 0 Å². The van der Waals surface area contributed by atoms with Crippen molar-refractivity contribution in [2.75, 3.05) is 5.73 Å². The second-order valence-electron chi connectivity index (χ2n) is 2.07. The van der Waals surface area contributed by atoms with Crippen molar-refractivity contribution in [3.63, 3.8) is 0 Å². The third-order valence-electron chi connectivity index (χ3n) is 1.25. The molecule has 0 unspecified atom stereocenters. The molecule has 0 spiro atoms. The predicted octanol–water partition coefficient (Wildman–Crippen LogP) is 1.45. The molecule has 0 aliphatic heterocycles. The van der Waals surface area contributed by atoms with E-state index >= 15 is 0 Å². The molecule has 0 aromatic carbocycles. The van der Waals surface area contributed by atoms with Gasteiger partial charge in [0.1, 0.15) is 5.82 Å². The average molecular weight is 178 g/mol. The lowest BCUT2D eigenvalue weighted by Crippen LogP contribution is -2.00. The largest absolute Gasteiger partial charge is 0.504 e. The number of rotatable bonds is 1. The SMILES string of the molecule is Nc1nc(F)c(O)cc1C(F)F. The van der Waals surface area contributed by atoms with E-state index in [1.165, 1.54) is 0 Å². The number of halogens is 3. The van der Waals surface area contributed by atoms with E-state index in [0.717, 1.165) is 0 Å². The molecule has 1 heterocycles. The Morgan fingerprint density at radius 3 is 2.58 bits per heavy atom. The number of pyridine rings is 1. The number of anilines is 1. The Kier molecular flexibility index (Phi) is 2.07. The van der Waals surface area contributed by atoms with Crippen LogP contribution in [0, 0.1) is 5.95 Å². The molecule has 0 saturated heterocycles. The highest BCUT2D eigenvalue weighted by Crippen LogP contribution is 2.27. The van der Waals surface area contributed by atoms with E-state index in [0.29, 0.717) is 6.07 Å². The lowest BCUT2D eigenvalue weighted by molar-refractivity contribution is 0.151. The van der Waals surface area contributed by atoms with E-state index in [4.69, 9.17) is 10.8 Å². The van der Waals surface area contributed by atoms with Gasteiger partial charge in [-0.3, -0.25) is 0 Å². The molecule has 0 aliphatic carbocycles. The minimum Gasteiger partial charge on any atom is -0.504 e. The maximum absolute atomic E-state index is 12.3. The van der Waals surface area contributed by atoms with E-state index in [1.54, 1.807) is 0 Å². The van der Waals surface area contributed by atoms with Crippen LogP contribution in [-0.4, -0.2) is 10.1 Å². The van der Waals surface area contributed by atoms with Crippen molar-refractivity contribution in [1.29, 1.82) is 0 Å². The highest BCUT2D eigenvalue weighted by atomic mass is 19.3. The van der Waals surface area contributed by atoms with E-state index < -0.39 is 29.5 Å². The molecule has 6 heteroatoms. The van der Waals surface area contributed by atoms with Crippen LogP contribution in [-0.2, 0) is 0 Å². The quantitative estimate of drug-likeness (QED) is 0.639. The van der Waals surface area contributed by atoms with Crippen LogP contribution in [0.15, 0.2) is 6.07 Å². The molecule has 0 saturated carbocycles. The molecular formula is C6H5F3N2O. The number of aromatic nitrogens is 1. The Bertz CT molecular complexity index is 303. The summed E-state index contributed by atoms with van der Waals surface area (Å²) in [5.74, 6) is -2.79. The summed E-state index contributed by atoms with van der Waals surface area (Å²) in [6.07, 6.45) is -2.87. The first-order chi connectivity index (χ1) is 5.52. The summed E-state index contributed by atoms with van der Waals surface area (Å²) in [5, 5.41) is 8.65. The molecule has 0 aliphatic rings. The monoisotopic (exact) mass is 178 g/mol. The molecular weight excluding hydrogens is 173 g/mol. The van der Waals surface area contributed by atoms with Crippen LogP contribution < -0.4 is 5.73 Å². The normalized spacial score (nSPS) is 10.7. The summed E-state index contributed by atoms with van der Waals surface area (Å²) in [5.41, 5.74) is 4.28. The molecule has 1 aromatic rings. The molecule has 0 fully saturated rings. The summed E-state index contributed by atoms with van der Waals surface area (Å²) in [6, 6.07) is 0.558. The molecule has 12 heavy (non-hydrogen) atoms. The van der Waals surface area contributed by atoms with Crippen molar-refractivity contribution in [2.45, 2.75) is 6.43 Å². The summed E-state index contributed by atoms with van der Waals surface area (Å²) >= 11 is 0. The smallest absolute Gasteiger partial charge is 0.267 e. The Balaban J connectivity index is 3.23. The maximum atomic E-state index is 12.3. The zero-order chi connectivity index (χ0) is 9.30. The molecule has 3 N–H and O–H groups in total. The van der Waals surface area contributed by atoms with Crippen molar-refractivity contribution in [2.24, 2.45) is 0 Å². The van der Waals surface area contributed by atoms with Gasteiger partial charge < -0.3 is 10.8 Å². The second kappa shape index (κ2) is 2.88. The molecule has 0 bridgehead atoms. The number of nitrogens with zero attached hydrogens (tertiary/aromatic N) is 1. The standard InChI is InChI=1S/C6H5F3N2O/c7-4(8)2-1-3(12)5(9)11-6(2)10/h1,4,12H,(H2,10,11). The lowest BCUT2D eigenvalue weighted by atomic mass is 10.2. The number of alkyl halides is 2. The van der Waals surface area contributed by atoms with Crippen molar-refractivity contribution < 1.29 is 18.3 Å². The van der Waals surface area contributed by atoms with Gasteiger partial charge in [0.2, 0.25) is 0 Å². The molecule has 3 nitrogen and oxygen atoms in total. The molecule has 1 rings (SSSR count). The second-order valence-corrected chi connectivity index (χ2v) is 2.07. The first kappa shape index (κ1) is 8.63. The highest BCUT2D eigenvalue weighted by Gasteiger charge is 2.15. The van der Waals surface area contributed by atoms with E-state index in [2.05, 4.69) is 4.98 Å². The van der Waals surface area contributed by atoms with Crippen molar-refractivity contribution in [1.82, 2.24) is 4.98 Å². The minimum atomic E-state index is -2.87. The number of hydrogen-bond donors (Lipinski definition) is 2. The number of nitrogen functional groups attached to an aromatic ring is 1. The van der Waals surface area contributed by atoms with Gasteiger partial charge in [0.05, 0.1) is 5.56 Å². The maximum Gasteiger partial charge on any atom is 0.267 e. The van der Waals surface area contributed by atoms with Gasteiger partial charge in [-0.2, -0.15) is 9.37 Å². The number of aromatic hydroxyl groups is 1. The zero-order valence-corrected chi connectivity index (χ0v) is 5.76. The van der Waals surface area contributed by atoms with Gasteiger partial charge in [-0.1, -0.05) is 0 Å². The fraction of sp³-hybridized carbons (Fsp3) is 0.167. The molecule has 1 aromatic heterocycles. The van der Waals surface area contributed by atoms with Gasteiger partial charge in [-0.25, -0.2) is 8.78 Å². The fourth-order valence-electron chi connectivity index (χ4n) is 0.683. The van der Waals surface area contributed by atoms with Crippen molar-refractivity contribution in [3.8, 4) is 5.75 Å². The Labute approximate surface area is 65.6 Å². The topological polar surface area (TPSA) is 59.1 Å². The molecule has 0 amide bonds. The summed E-state index contributed by atoms with van der Waals surface area (Å²) in [4.78, 5) is 2.88. The first-order valence-corrected chi connectivity index (χ1v) is 2.95. The molecule has 0 atom stereocenters. The first-order valence-electron chi connectivity index (χ1n) is 2.95.